The van der Waals surface area contributed by atoms with E-state index in [0.717, 1.165) is 5.57 Å². The van der Waals surface area contributed by atoms with Crippen molar-refractivity contribution in [3.8, 4) is 0 Å². The minimum Gasteiger partial charge on any atom is -0.394 e. The molecule has 0 aromatic carbocycles. The summed E-state index contributed by atoms with van der Waals surface area (Å²) < 4.78 is 11.1. The van der Waals surface area contributed by atoms with Crippen molar-refractivity contribution in [2.24, 2.45) is 11.3 Å². The molecule has 0 aromatic rings. The number of carbonyl (C=O) groups excluding carboxylic acids is 1. The van der Waals surface area contributed by atoms with Crippen molar-refractivity contribution in [3.63, 3.8) is 0 Å². The molecular weight excluding hydrogens is 356 g/mol. The van der Waals surface area contributed by atoms with Gasteiger partial charge >= 0.3 is 0 Å². The second kappa shape index (κ2) is 8.91. The third-order valence-electron chi connectivity index (χ3n) is 5.22. The van der Waals surface area contributed by atoms with E-state index >= 15 is 0 Å². The molecule has 5 N–H and O–H groups in total. The van der Waals surface area contributed by atoms with Gasteiger partial charge in [-0.1, -0.05) is 24.6 Å². The molecule has 0 spiro atoms. The van der Waals surface area contributed by atoms with Gasteiger partial charge in [0.1, 0.15) is 24.4 Å². The zero-order valence-electron chi connectivity index (χ0n) is 15.9. The number of ether oxygens (including phenoxy) is 2. The Bertz CT molecular complexity index is 584. The topological polar surface area (TPSA) is 137 Å². The molecule has 1 heterocycles. The van der Waals surface area contributed by atoms with Gasteiger partial charge in [0.25, 0.3) is 0 Å². The third kappa shape index (κ3) is 5.03. The van der Waals surface area contributed by atoms with Crippen LogP contribution in [0, 0.1) is 11.3 Å². The van der Waals surface area contributed by atoms with Gasteiger partial charge < -0.3 is 35.0 Å². The molecular formula is C19H30O8. The van der Waals surface area contributed by atoms with Gasteiger partial charge in [0.05, 0.1) is 19.3 Å². The number of allylic oxidation sites excluding steroid dienone is 3. The Labute approximate surface area is 158 Å². The SMILES string of the molecule is CC1=CC(=O)C[C@@](C)(CO[C@@H]2O[C@H](CO)[C@@H](O)[C@H](O)[C@H]2O)[C@@H]1/C=C/[C@H](C)O. The fourth-order valence-corrected chi connectivity index (χ4v) is 3.73. The Morgan fingerprint density at radius 3 is 2.59 bits per heavy atom. The van der Waals surface area contributed by atoms with Crippen molar-refractivity contribution >= 4 is 5.78 Å². The average molecular weight is 386 g/mol. The first-order valence-electron chi connectivity index (χ1n) is 9.08. The van der Waals surface area contributed by atoms with Crippen LogP contribution in [0.15, 0.2) is 23.8 Å². The van der Waals surface area contributed by atoms with E-state index in [4.69, 9.17) is 9.47 Å². The first-order valence-corrected chi connectivity index (χ1v) is 9.08. The minimum absolute atomic E-state index is 0.0292. The first kappa shape index (κ1) is 22.2. The van der Waals surface area contributed by atoms with Crippen molar-refractivity contribution < 1.29 is 39.8 Å². The molecule has 0 amide bonds. The molecule has 154 valence electrons. The Morgan fingerprint density at radius 1 is 1.33 bits per heavy atom. The number of hydrogen-bond donors (Lipinski definition) is 5. The summed E-state index contributed by atoms with van der Waals surface area (Å²) in [6, 6.07) is 0. The second-order valence-electron chi connectivity index (χ2n) is 7.80. The zero-order chi connectivity index (χ0) is 20.4. The molecule has 8 atom stereocenters. The van der Waals surface area contributed by atoms with E-state index in [2.05, 4.69) is 0 Å². The number of carbonyl (C=O) groups is 1. The smallest absolute Gasteiger partial charge is 0.186 e. The lowest BCUT2D eigenvalue weighted by Crippen LogP contribution is -2.59. The standard InChI is InChI=1S/C19H30O8/c1-10-6-12(22)7-19(3,13(10)5-4-11(2)21)9-26-18-17(25)16(24)15(23)14(8-20)27-18/h4-6,11,13-18,20-21,23-25H,7-9H2,1-3H3/b5-4+/t11-,13+,14+,15+,16-,17+,18+,19-/m0/s1. The van der Waals surface area contributed by atoms with Crippen molar-refractivity contribution in [1.82, 2.24) is 0 Å². The molecule has 0 bridgehead atoms. The summed E-state index contributed by atoms with van der Waals surface area (Å²) >= 11 is 0. The molecule has 2 rings (SSSR count). The molecule has 0 unspecified atom stereocenters. The third-order valence-corrected chi connectivity index (χ3v) is 5.22. The van der Waals surface area contributed by atoms with E-state index < -0.39 is 48.8 Å². The monoisotopic (exact) mass is 386 g/mol. The van der Waals surface area contributed by atoms with Crippen LogP contribution >= 0.6 is 0 Å². The summed E-state index contributed by atoms with van der Waals surface area (Å²) in [5.74, 6) is -0.219. The van der Waals surface area contributed by atoms with Gasteiger partial charge in [0.15, 0.2) is 12.1 Å². The summed E-state index contributed by atoms with van der Waals surface area (Å²) in [5, 5.41) is 48.6. The highest BCUT2D eigenvalue weighted by molar-refractivity contribution is 5.92. The van der Waals surface area contributed by atoms with E-state index in [-0.39, 0.29) is 24.7 Å². The number of rotatable bonds is 6. The van der Waals surface area contributed by atoms with Crippen LogP contribution in [0.4, 0.5) is 0 Å². The summed E-state index contributed by atoms with van der Waals surface area (Å²) in [7, 11) is 0. The van der Waals surface area contributed by atoms with Crippen molar-refractivity contribution in [2.45, 2.75) is 64.0 Å². The van der Waals surface area contributed by atoms with Crippen LogP contribution in [0.2, 0.25) is 0 Å². The molecule has 0 radical (unpaired) electrons. The van der Waals surface area contributed by atoms with Crippen LogP contribution < -0.4 is 0 Å². The molecule has 8 nitrogen and oxygen atoms in total. The lowest BCUT2D eigenvalue weighted by Gasteiger charge is -2.43. The van der Waals surface area contributed by atoms with E-state index in [1.54, 1.807) is 19.1 Å². The van der Waals surface area contributed by atoms with Crippen LogP contribution in [0.5, 0.6) is 0 Å². The maximum Gasteiger partial charge on any atom is 0.186 e. The lowest BCUT2D eigenvalue weighted by atomic mass is 9.67. The molecule has 1 fully saturated rings. The highest BCUT2D eigenvalue weighted by Gasteiger charge is 2.46. The predicted molar refractivity (Wildman–Crippen MR) is 95.5 cm³/mol. The molecule has 0 aromatic heterocycles. The van der Waals surface area contributed by atoms with Crippen LogP contribution in [0.25, 0.3) is 0 Å². The summed E-state index contributed by atoms with van der Waals surface area (Å²) in [4.78, 5) is 12.1. The largest absolute Gasteiger partial charge is 0.394 e. The quantitative estimate of drug-likeness (QED) is 0.377. The van der Waals surface area contributed by atoms with Gasteiger partial charge in [-0.25, -0.2) is 0 Å². The van der Waals surface area contributed by atoms with Crippen molar-refractivity contribution in [3.05, 3.63) is 23.8 Å². The molecule has 8 heteroatoms. The van der Waals surface area contributed by atoms with Crippen LogP contribution in [-0.4, -0.2) is 81.3 Å². The molecule has 1 aliphatic heterocycles. The molecule has 1 aliphatic carbocycles. The predicted octanol–water partition coefficient (Wildman–Crippen LogP) is -0.718. The van der Waals surface area contributed by atoms with Gasteiger partial charge in [-0.3, -0.25) is 4.79 Å². The van der Waals surface area contributed by atoms with E-state index in [9.17, 15) is 30.3 Å². The number of aliphatic hydroxyl groups is 5. The maximum atomic E-state index is 12.1. The fourth-order valence-electron chi connectivity index (χ4n) is 3.73. The van der Waals surface area contributed by atoms with Crippen molar-refractivity contribution in [1.29, 1.82) is 0 Å². The van der Waals surface area contributed by atoms with E-state index in [1.807, 2.05) is 19.9 Å². The van der Waals surface area contributed by atoms with Crippen LogP contribution in [-0.2, 0) is 14.3 Å². The Balaban J connectivity index is 2.15. The van der Waals surface area contributed by atoms with Crippen molar-refractivity contribution in [2.75, 3.05) is 13.2 Å². The Morgan fingerprint density at radius 2 is 2.00 bits per heavy atom. The summed E-state index contributed by atoms with van der Waals surface area (Å²) in [6.45, 7) is 4.82. The summed E-state index contributed by atoms with van der Waals surface area (Å²) in [5.41, 5.74) is 0.183. The van der Waals surface area contributed by atoms with Gasteiger partial charge in [-0.2, -0.15) is 0 Å². The number of hydrogen-bond acceptors (Lipinski definition) is 8. The maximum absolute atomic E-state index is 12.1. The highest BCUT2D eigenvalue weighted by atomic mass is 16.7. The van der Waals surface area contributed by atoms with E-state index in [1.165, 1.54) is 0 Å². The van der Waals surface area contributed by atoms with E-state index in [0.29, 0.717) is 0 Å². The molecule has 2 aliphatic rings. The number of aliphatic hydroxyl groups excluding tert-OH is 5. The molecule has 0 saturated carbocycles. The minimum atomic E-state index is -1.52. The van der Waals surface area contributed by atoms with Gasteiger partial charge in [0.2, 0.25) is 0 Å². The Hall–Kier alpha value is -1.13. The average Bonchev–Trinajstić information content (AvgIpc) is 2.58. The highest BCUT2D eigenvalue weighted by Crippen LogP contribution is 2.42. The number of ketones is 1. The second-order valence-corrected chi connectivity index (χ2v) is 7.80. The van der Waals surface area contributed by atoms with Gasteiger partial charge in [-0.05, 0) is 19.9 Å². The lowest BCUT2D eigenvalue weighted by molar-refractivity contribution is -0.306. The molecule has 27 heavy (non-hydrogen) atoms. The summed E-state index contributed by atoms with van der Waals surface area (Å²) in [6.07, 6.45) is -2.15. The first-order chi connectivity index (χ1) is 12.6. The van der Waals surface area contributed by atoms with Gasteiger partial charge in [0, 0.05) is 17.8 Å². The van der Waals surface area contributed by atoms with Gasteiger partial charge in [-0.15, -0.1) is 0 Å². The fraction of sp³-hybridized carbons (Fsp3) is 0.737. The van der Waals surface area contributed by atoms with Crippen LogP contribution in [0.3, 0.4) is 0 Å². The zero-order valence-corrected chi connectivity index (χ0v) is 15.9. The molecule has 1 saturated heterocycles. The Kier molecular flexibility index (Phi) is 7.32. The normalized spacial score (nSPS) is 41.6. The van der Waals surface area contributed by atoms with Crippen LogP contribution in [0.1, 0.15) is 27.2 Å².